The minimum atomic E-state index is 0. The molecule has 21 heavy (non-hydrogen) atoms. The zero-order chi connectivity index (χ0) is 14.5. The minimum absolute atomic E-state index is 0. The minimum Gasteiger partial charge on any atom is -0.496 e. The van der Waals surface area contributed by atoms with Crippen LogP contribution in [0.4, 0.5) is 0 Å². The molecule has 0 bridgehead atoms. The molecule has 0 spiro atoms. The lowest BCUT2D eigenvalue weighted by atomic mass is 10.00. The van der Waals surface area contributed by atoms with Gasteiger partial charge in [0, 0.05) is 19.0 Å². The molecule has 2 rings (SSSR count). The molecule has 118 valence electrons. The average molecular weight is 313 g/mol. The van der Waals surface area contributed by atoms with E-state index in [0.717, 1.165) is 36.1 Å². The van der Waals surface area contributed by atoms with Crippen LogP contribution >= 0.6 is 12.4 Å². The second-order valence-corrected chi connectivity index (χ2v) is 5.64. The fourth-order valence-corrected chi connectivity index (χ4v) is 2.80. The number of nitrogens with two attached hydrogens (primary N) is 1. The molecule has 1 amide bonds. The van der Waals surface area contributed by atoms with Crippen molar-refractivity contribution in [3.63, 3.8) is 0 Å². The standard InChI is InChI=1S/C16H24N2O2.ClH/c1-11-6-7-12(8-15(11)20-2)10-18-16(19)9-13-4-3-5-14(13)17;/h6-8,13-14H,3-5,9-10,17H2,1-2H3,(H,18,19);1H/t13-,14+;/m0./s1. The van der Waals surface area contributed by atoms with Crippen molar-refractivity contribution < 1.29 is 9.53 Å². The van der Waals surface area contributed by atoms with Gasteiger partial charge in [-0.05, 0) is 42.9 Å². The molecule has 0 saturated heterocycles. The summed E-state index contributed by atoms with van der Waals surface area (Å²) in [5, 5.41) is 2.97. The van der Waals surface area contributed by atoms with Gasteiger partial charge in [-0.2, -0.15) is 0 Å². The van der Waals surface area contributed by atoms with Gasteiger partial charge < -0.3 is 15.8 Å². The van der Waals surface area contributed by atoms with Gasteiger partial charge in [-0.25, -0.2) is 0 Å². The van der Waals surface area contributed by atoms with Crippen molar-refractivity contribution in [2.45, 2.75) is 45.2 Å². The largest absolute Gasteiger partial charge is 0.496 e. The number of amides is 1. The summed E-state index contributed by atoms with van der Waals surface area (Å²) in [6, 6.07) is 6.18. The Hall–Kier alpha value is -1.26. The summed E-state index contributed by atoms with van der Waals surface area (Å²) in [5.74, 6) is 1.30. The number of ether oxygens (including phenoxy) is 1. The van der Waals surface area contributed by atoms with E-state index in [2.05, 4.69) is 5.32 Å². The Kier molecular flexibility index (Phi) is 6.99. The molecular weight excluding hydrogens is 288 g/mol. The Balaban J connectivity index is 0.00000220. The van der Waals surface area contributed by atoms with E-state index >= 15 is 0 Å². The first kappa shape index (κ1) is 17.8. The lowest BCUT2D eigenvalue weighted by molar-refractivity contribution is -0.122. The van der Waals surface area contributed by atoms with Crippen LogP contribution in [-0.2, 0) is 11.3 Å². The fraction of sp³-hybridized carbons (Fsp3) is 0.562. The van der Waals surface area contributed by atoms with Crippen LogP contribution in [0, 0.1) is 12.8 Å². The molecule has 0 aromatic heterocycles. The van der Waals surface area contributed by atoms with Crippen LogP contribution < -0.4 is 15.8 Å². The van der Waals surface area contributed by atoms with Crippen LogP contribution in [-0.4, -0.2) is 19.1 Å². The van der Waals surface area contributed by atoms with E-state index in [1.54, 1.807) is 7.11 Å². The summed E-state index contributed by atoms with van der Waals surface area (Å²) < 4.78 is 5.28. The quantitative estimate of drug-likeness (QED) is 0.878. The molecule has 0 radical (unpaired) electrons. The third kappa shape index (κ3) is 4.90. The Bertz CT molecular complexity index is 479. The zero-order valence-corrected chi connectivity index (χ0v) is 13.5. The predicted octanol–water partition coefficient (Wildman–Crippen LogP) is 2.56. The van der Waals surface area contributed by atoms with Crippen molar-refractivity contribution in [3.8, 4) is 5.75 Å². The van der Waals surface area contributed by atoms with Gasteiger partial charge >= 0.3 is 0 Å². The van der Waals surface area contributed by atoms with Gasteiger partial charge in [0.25, 0.3) is 0 Å². The first-order valence-corrected chi connectivity index (χ1v) is 7.26. The van der Waals surface area contributed by atoms with Gasteiger partial charge in [0.05, 0.1) is 7.11 Å². The van der Waals surface area contributed by atoms with Gasteiger partial charge in [0.2, 0.25) is 5.91 Å². The summed E-state index contributed by atoms with van der Waals surface area (Å²) >= 11 is 0. The molecule has 1 aromatic rings. The molecule has 1 aromatic carbocycles. The molecule has 1 fully saturated rings. The molecule has 1 aliphatic rings. The van der Waals surface area contributed by atoms with Crippen molar-refractivity contribution in [3.05, 3.63) is 29.3 Å². The van der Waals surface area contributed by atoms with E-state index in [1.165, 1.54) is 0 Å². The van der Waals surface area contributed by atoms with Crippen molar-refractivity contribution in [1.29, 1.82) is 0 Å². The van der Waals surface area contributed by atoms with E-state index in [4.69, 9.17) is 10.5 Å². The van der Waals surface area contributed by atoms with Crippen molar-refractivity contribution in [2.24, 2.45) is 11.7 Å². The number of hydrogen-bond acceptors (Lipinski definition) is 3. The number of methoxy groups -OCH3 is 1. The summed E-state index contributed by atoms with van der Waals surface area (Å²) in [4.78, 5) is 11.9. The van der Waals surface area contributed by atoms with Crippen LogP contribution in [0.25, 0.3) is 0 Å². The predicted molar refractivity (Wildman–Crippen MR) is 86.8 cm³/mol. The van der Waals surface area contributed by atoms with Crippen LogP contribution in [0.15, 0.2) is 18.2 Å². The van der Waals surface area contributed by atoms with E-state index in [-0.39, 0.29) is 24.4 Å². The highest BCUT2D eigenvalue weighted by Crippen LogP contribution is 2.26. The Morgan fingerprint density at radius 2 is 2.19 bits per heavy atom. The fourth-order valence-electron chi connectivity index (χ4n) is 2.80. The van der Waals surface area contributed by atoms with Crippen molar-refractivity contribution >= 4 is 18.3 Å². The number of carbonyl (C=O) groups excluding carboxylic acids is 1. The Labute approximate surface area is 132 Å². The van der Waals surface area contributed by atoms with Crippen molar-refractivity contribution in [2.75, 3.05) is 7.11 Å². The maximum Gasteiger partial charge on any atom is 0.220 e. The van der Waals surface area contributed by atoms with Crippen LogP contribution in [0.1, 0.15) is 36.8 Å². The maximum atomic E-state index is 11.9. The highest BCUT2D eigenvalue weighted by atomic mass is 35.5. The second-order valence-electron chi connectivity index (χ2n) is 5.64. The topological polar surface area (TPSA) is 64.3 Å². The molecule has 4 nitrogen and oxygen atoms in total. The van der Waals surface area contributed by atoms with Gasteiger partial charge in [0.1, 0.15) is 5.75 Å². The molecule has 0 aliphatic heterocycles. The van der Waals surface area contributed by atoms with Crippen LogP contribution in [0.2, 0.25) is 0 Å². The summed E-state index contributed by atoms with van der Waals surface area (Å²) in [7, 11) is 1.66. The smallest absolute Gasteiger partial charge is 0.220 e. The summed E-state index contributed by atoms with van der Waals surface area (Å²) in [6.07, 6.45) is 3.82. The van der Waals surface area contributed by atoms with Gasteiger partial charge in [0.15, 0.2) is 0 Å². The zero-order valence-electron chi connectivity index (χ0n) is 12.7. The van der Waals surface area contributed by atoms with E-state index in [9.17, 15) is 4.79 Å². The molecule has 0 heterocycles. The van der Waals surface area contributed by atoms with E-state index in [0.29, 0.717) is 18.9 Å². The number of halogens is 1. The van der Waals surface area contributed by atoms with Gasteiger partial charge in [-0.15, -0.1) is 12.4 Å². The highest BCUT2D eigenvalue weighted by molar-refractivity contribution is 5.85. The molecule has 2 atom stereocenters. The number of carbonyl (C=O) groups is 1. The van der Waals surface area contributed by atoms with Crippen LogP contribution in [0.5, 0.6) is 5.75 Å². The van der Waals surface area contributed by atoms with Gasteiger partial charge in [-0.1, -0.05) is 18.6 Å². The monoisotopic (exact) mass is 312 g/mol. The van der Waals surface area contributed by atoms with Crippen molar-refractivity contribution in [1.82, 2.24) is 5.32 Å². The average Bonchev–Trinajstić information content (AvgIpc) is 2.83. The first-order valence-electron chi connectivity index (χ1n) is 7.26. The third-order valence-corrected chi connectivity index (χ3v) is 4.13. The molecule has 1 aliphatic carbocycles. The molecule has 0 unspecified atom stereocenters. The number of nitrogens with one attached hydrogen (secondary N) is 1. The molecule has 1 saturated carbocycles. The molecule has 3 N–H and O–H groups in total. The summed E-state index contributed by atoms with van der Waals surface area (Å²) in [5.41, 5.74) is 8.14. The molecular formula is C16H25ClN2O2. The van der Waals surface area contributed by atoms with Gasteiger partial charge in [-0.3, -0.25) is 4.79 Å². The Morgan fingerprint density at radius 3 is 2.81 bits per heavy atom. The normalized spacial score (nSPS) is 20.7. The number of benzene rings is 1. The lowest BCUT2D eigenvalue weighted by Gasteiger charge is -2.15. The summed E-state index contributed by atoms with van der Waals surface area (Å²) in [6.45, 7) is 2.54. The number of rotatable bonds is 5. The molecule has 5 heteroatoms. The Morgan fingerprint density at radius 1 is 1.43 bits per heavy atom. The third-order valence-electron chi connectivity index (χ3n) is 4.13. The van der Waals surface area contributed by atoms with Crippen LogP contribution in [0.3, 0.4) is 0 Å². The van der Waals surface area contributed by atoms with E-state index < -0.39 is 0 Å². The lowest BCUT2D eigenvalue weighted by Crippen LogP contribution is -2.31. The first-order chi connectivity index (χ1) is 9.60. The SMILES string of the molecule is COc1cc(CNC(=O)C[C@@H]2CCC[C@H]2N)ccc1C.Cl. The highest BCUT2D eigenvalue weighted by Gasteiger charge is 2.25. The maximum absolute atomic E-state index is 11.9. The second kappa shape index (κ2) is 8.25. The van der Waals surface area contributed by atoms with E-state index in [1.807, 2.05) is 25.1 Å². The number of aryl methyl sites for hydroxylation is 1. The number of hydrogen-bond donors (Lipinski definition) is 2.